The number of carbonyl (C=O) groups is 1. The first-order valence-corrected chi connectivity index (χ1v) is 8.95. The summed E-state index contributed by atoms with van der Waals surface area (Å²) in [6.07, 6.45) is -1.17. The summed E-state index contributed by atoms with van der Waals surface area (Å²) in [7, 11) is 1.32. The highest BCUT2D eigenvalue weighted by molar-refractivity contribution is 5.88. The predicted octanol–water partition coefficient (Wildman–Crippen LogP) is 2.67. The minimum atomic E-state index is -1.17. The quantitative estimate of drug-likeness (QED) is 0.392. The topological polar surface area (TPSA) is 115 Å². The first kappa shape index (κ1) is 18.7. The largest absolute Gasteiger partial charge is 0.504 e. The van der Waals surface area contributed by atoms with E-state index in [1.165, 1.54) is 19.2 Å². The molecule has 29 heavy (non-hydrogen) atoms. The zero-order valence-electron chi connectivity index (χ0n) is 15.7. The molecule has 8 nitrogen and oxygen atoms in total. The fourth-order valence-corrected chi connectivity index (χ4v) is 3.58. The SMILES string of the molecule is CCOC(=O)C1Oc2c(c(=O)oc3ccccc23)C1c1cc(O)c(O)c(OC)c1. The Morgan fingerprint density at radius 1 is 1.21 bits per heavy atom. The van der Waals surface area contributed by atoms with Gasteiger partial charge in [-0.3, -0.25) is 0 Å². The fraction of sp³-hybridized carbons (Fsp3) is 0.238. The zero-order chi connectivity index (χ0) is 20.7. The number of para-hydroxylation sites is 1. The minimum absolute atomic E-state index is 0.0127. The van der Waals surface area contributed by atoms with E-state index in [1.54, 1.807) is 31.2 Å². The molecule has 2 N–H and O–H groups in total. The highest BCUT2D eigenvalue weighted by atomic mass is 16.6. The normalized spacial score (nSPS) is 17.6. The van der Waals surface area contributed by atoms with Crippen LogP contribution in [0.3, 0.4) is 0 Å². The molecule has 1 aromatic heterocycles. The molecule has 3 aromatic rings. The first-order valence-electron chi connectivity index (χ1n) is 8.95. The lowest BCUT2D eigenvalue weighted by Crippen LogP contribution is -2.32. The molecular formula is C21H18O8. The van der Waals surface area contributed by atoms with Crippen molar-refractivity contribution in [2.45, 2.75) is 18.9 Å². The van der Waals surface area contributed by atoms with Crippen molar-refractivity contribution in [2.24, 2.45) is 0 Å². The molecule has 0 radical (unpaired) electrons. The van der Waals surface area contributed by atoms with Gasteiger partial charge in [0.15, 0.2) is 11.5 Å². The average Bonchev–Trinajstić information content (AvgIpc) is 3.12. The molecule has 8 heteroatoms. The van der Waals surface area contributed by atoms with E-state index in [0.29, 0.717) is 16.5 Å². The molecule has 2 aromatic carbocycles. The summed E-state index contributed by atoms with van der Waals surface area (Å²) in [6, 6.07) is 9.50. The van der Waals surface area contributed by atoms with Gasteiger partial charge in [0, 0.05) is 0 Å². The molecule has 150 valence electrons. The Kier molecular flexibility index (Phi) is 4.54. The van der Waals surface area contributed by atoms with Crippen molar-refractivity contribution in [3.05, 3.63) is 57.9 Å². The van der Waals surface area contributed by atoms with Gasteiger partial charge in [0.1, 0.15) is 11.3 Å². The molecule has 0 aliphatic carbocycles. The monoisotopic (exact) mass is 398 g/mol. The van der Waals surface area contributed by atoms with Crippen LogP contribution in [0.4, 0.5) is 0 Å². The van der Waals surface area contributed by atoms with Gasteiger partial charge in [-0.25, -0.2) is 9.59 Å². The lowest BCUT2D eigenvalue weighted by atomic mass is 9.88. The van der Waals surface area contributed by atoms with Crippen molar-refractivity contribution >= 4 is 16.9 Å². The number of benzene rings is 2. The molecule has 0 saturated heterocycles. The Hall–Kier alpha value is -3.68. The van der Waals surface area contributed by atoms with E-state index < -0.39 is 35.1 Å². The molecule has 2 unspecified atom stereocenters. The van der Waals surface area contributed by atoms with Gasteiger partial charge in [-0.05, 0) is 36.8 Å². The van der Waals surface area contributed by atoms with Crippen LogP contribution in [0, 0.1) is 0 Å². The van der Waals surface area contributed by atoms with Crippen LogP contribution in [-0.4, -0.2) is 36.0 Å². The molecule has 4 rings (SSSR count). The van der Waals surface area contributed by atoms with Crippen molar-refractivity contribution in [1.29, 1.82) is 0 Å². The second-order valence-corrected chi connectivity index (χ2v) is 6.49. The molecule has 0 spiro atoms. The molecule has 2 atom stereocenters. The van der Waals surface area contributed by atoms with Crippen LogP contribution in [0.2, 0.25) is 0 Å². The standard InChI is InChI=1S/C21H18O8/c1-3-27-21(25)19-15(10-8-12(22)17(23)14(9-10)26-2)16-18(29-19)11-6-4-5-7-13(11)28-20(16)24/h4-9,15,19,22-23H,3H2,1-2H3. The Morgan fingerprint density at radius 2 is 1.97 bits per heavy atom. The Bertz CT molecular complexity index is 1160. The van der Waals surface area contributed by atoms with Crippen LogP contribution in [0.5, 0.6) is 23.0 Å². The van der Waals surface area contributed by atoms with E-state index in [0.717, 1.165) is 0 Å². The third-order valence-electron chi connectivity index (χ3n) is 4.83. The maximum atomic E-state index is 12.8. The number of methoxy groups -OCH3 is 1. The highest BCUT2D eigenvalue weighted by Crippen LogP contribution is 2.47. The van der Waals surface area contributed by atoms with E-state index in [2.05, 4.69) is 0 Å². The smallest absolute Gasteiger partial charge is 0.348 e. The molecule has 1 aliphatic rings. The summed E-state index contributed by atoms with van der Waals surface area (Å²) < 4.78 is 21.6. The third kappa shape index (κ3) is 2.93. The predicted molar refractivity (Wildman–Crippen MR) is 102 cm³/mol. The van der Waals surface area contributed by atoms with Crippen LogP contribution in [0.25, 0.3) is 11.0 Å². The minimum Gasteiger partial charge on any atom is -0.504 e. The van der Waals surface area contributed by atoms with E-state index in [1.807, 2.05) is 0 Å². The molecule has 0 fully saturated rings. The fourth-order valence-electron chi connectivity index (χ4n) is 3.58. The number of phenols is 2. The highest BCUT2D eigenvalue weighted by Gasteiger charge is 2.45. The zero-order valence-corrected chi connectivity index (χ0v) is 15.7. The van der Waals surface area contributed by atoms with Gasteiger partial charge in [0.2, 0.25) is 11.9 Å². The first-order chi connectivity index (χ1) is 14.0. The summed E-state index contributed by atoms with van der Waals surface area (Å²) >= 11 is 0. The van der Waals surface area contributed by atoms with E-state index in [9.17, 15) is 19.8 Å². The number of carbonyl (C=O) groups excluding carboxylic acids is 1. The van der Waals surface area contributed by atoms with Crippen molar-refractivity contribution in [2.75, 3.05) is 13.7 Å². The summed E-state index contributed by atoms with van der Waals surface area (Å²) in [5.74, 6) is -2.28. The number of hydrogen-bond acceptors (Lipinski definition) is 8. The molecule has 0 saturated carbocycles. The van der Waals surface area contributed by atoms with E-state index in [4.69, 9.17) is 18.6 Å². The van der Waals surface area contributed by atoms with Crippen molar-refractivity contribution in [3.8, 4) is 23.0 Å². The second kappa shape index (κ2) is 7.05. The van der Waals surface area contributed by atoms with Gasteiger partial charge >= 0.3 is 11.6 Å². The molecule has 0 amide bonds. The van der Waals surface area contributed by atoms with Gasteiger partial charge in [0.05, 0.1) is 30.6 Å². The number of rotatable bonds is 4. The Labute approximate surface area is 164 Å². The van der Waals surface area contributed by atoms with Crippen LogP contribution < -0.4 is 15.1 Å². The van der Waals surface area contributed by atoms with Crippen LogP contribution in [0.1, 0.15) is 24.0 Å². The van der Waals surface area contributed by atoms with E-state index >= 15 is 0 Å². The second-order valence-electron chi connectivity index (χ2n) is 6.49. The van der Waals surface area contributed by atoms with Gasteiger partial charge in [0.25, 0.3) is 0 Å². The van der Waals surface area contributed by atoms with Crippen LogP contribution >= 0.6 is 0 Å². The molecule has 2 heterocycles. The van der Waals surface area contributed by atoms with Gasteiger partial charge in [-0.15, -0.1) is 0 Å². The summed E-state index contributed by atoms with van der Waals surface area (Å²) in [6.45, 7) is 1.79. The summed E-state index contributed by atoms with van der Waals surface area (Å²) in [5, 5.41) is 20.6. The van der Waals surface area contributed by atoms with Gasteiger partial charge in [-0.1, -0.05) is 12.1 Å². The summed E-state index contributed by atoms with van der Waals surface area (Å²) in [5.41, 5.74) is 0.123. The lowest BCUT2D eigenvalue weighted by molar-refractivity contribution is -0.151. The number of fused-ring (bicyclic) bond motifs is 3. The summed E-state index contributed by atoms with van der Waals surface area (Å²) in [4.78, 5) is 25.4. The van der Waals surface area contributed by atoms with Gasteiger partial charge < -0.3 is 28.8 Å². The Balaban J connectivity index is 1.98. The number of phenolic OH excluding ortho intramolecular Hbond substituents is 2. The Morgan fingerprint density at radius 3 is 2.69 bits per heavy atom. The molecule has 0 bridgehead atoms. The van der Waals surface area contributed by atoms with Crippen molar-refractivity contribution < 1.29 is 33.6 Å². The van der Waals surface area contributed by atoms with Gasteiger partial charge in [-0.2, -0.15) is 0 Å². The number of esters is 1. The lowest BCUT2D eigenvalue weighted by Gasteiger charge is -2.18. The van der Waals surface area contributed by atoms with Crippen LogP contribution in [-0.2, 0) is 9.53 Å². The van der Waals surface area contributed by atoms with Crippen molar-refractivity contribution in [3.63, 3.8) is 0 Å². The number of aromatic hydroxyl groups is 2. The maximum absolute atomic E-state index is 12.8. The number of ether oxygens (including phenoxy) is 3. The molecule has 1 aliphatic heterocycles. The third-order valence-corrected chi connectivity index (χ3v) is 4.83. The number of hydrogen-bond donors (Lipinski definition) is 2. The van der Waals surface area contributed by atoms with E-state index in [-0.39, 0.29) is 23.7 Å². The van der Waals surface area contributed by atoms with Crippen LogP contribution in [0.15, 0.2) is 45.6 Å². The van der Waals surface area contributed by atoms with Crippen molar-refractivity contribution in [1.82, 2.24) is 0 Å². The maximum Gasteiger partial charge on any atom is 0.348 e. The molecular weight excluding hydrogens is 380 g/mol. The average molecular weight is 398 g/mol.